The molecule has 0 N–H and O–H groups in total. The van der Waals surface area contributed by atoms with Crippen molar-refractivity contribution in [2.45, 2.75) is 26.8 Å². The summed E-state index contributed by atoms with van der Waals surface area (Å²) in [6.07, 6.45) is 1.00. The number of rotatable bonds is 9. The number of fused-ring (bicyclic) bond motifs is 1. The number of likely N-dealkylation sites (N-methyl/N-ethyl adjacent to an activating group) is 1. The Hall–Kier alpha value is -1.82. The average Bonchev–Trinajstić information content (AvgIpc) is 3.18. The van der Waals surface area contributed by atoms with Gasteiger partial charge in [0.15, 0.2) is 0 Å². The molecule has 2 aromatic heterocycles. The highest BCUT2D eigenvalue weighted by atomic mass is 32.1. The average molecular weight is 387 g/mol. The van der Waals surface area contributed by atoms with Gasteiger partial charge in [-0.15, -0.1) is 11.3 Å². The van der Waals surface area contributed by atoms with Crippen LogP contribution >= 0.6 is 11.3 Å². The van der Waals surface area contributed by atoms with Gasteiger partial charge in [0, 0.05) is 30.6 Å². The molecule has 1 aromatic carbocycles. The predicted molar refractivity (Wildman–Crippen MR) is 115 cm³/mol. The van der Waals surface area contributed by atoms with Crippen LogP contribution in [-0.4, -0.2) is 50.4 Å². The third kappa shape index (κ3) is 4.54. The van der Waals surface area contributed by atoms with E-state index in [4.69, 9.17) is 9.47 Å². The molecule has 0 fully saturated rings. The van der Waals surface area contributed by atoms with E-state index in [2.05, 4.69) is 67.1 Å². The maximum atomic E-state index is 5.80. The third-order valence-corrected chi connectivity index (χ3v) is 5.90. The smallest absolute Gasteiger partial charge is 0.119 e. The van der Waals surface area contributed by atoms with Crippen molar-refractivity contribution >= 4 is 22.2 Å². The van der Waals surface area contributed by atoms with Crippen molar-refractivity contribution < 1.29 is 9.47 Å². The van der Waals surface area contributed by atoms with Crippen LogP contribution in [0.3, 0.4) is 0 Å². The van der Waals surface area contributed by atoms with Crippen molar-refractivity contribution in [3.8, 4) is 16.3 Å². The lowest BCUT2D eigenvalue weighted by Crippen LogP contribution is -2.18. The molecule has 2 heterocycles. The monoisotopic (exact) mass is 386 g/mol. The number of ether oxygens (including phenoxy) is 2. The van der Waals surface area contributed by atoms with Crippen LogP contribution in [0.4, 0.5) is 0 Å². The van der Waals surface area contributed by atoms with Gasteiger partial charge in [-0.05, 0) is 75.1 Å². The minimum Gasteiger partial charge on any atom is -0.497 e. The molecule has 4 nitrogen and oxygen atoms in total. The second kappa shape index (κ2) is 8.91. The van der Waals surface area contributed by atoms with E-state index >= 15 is 0 Å². The van der Waals surface area contributed by atoms with Crippen LogP contribution in [0.25, 0.3) is 21.5 Å². The Balaban J connectivity index is 1.87. The number of thiophene rings is 1. The lowest BCUT2D eigenvalue weighted by atomic mass is 10.1. The van der Waals surface area contributed by atoms with Crippen molar-refractivity contribution in [3.05, 3.63) is 40.8 Å². The Morgan fingerprint density at radius 3 is 2.59 bits per heavy atom. The summed E-state index contributed by atoms with van der Waals surface area (Å²) in [5, 5.41) is 3.49. The van der Waals surface area contributed by atoms with E-state index in [1.165, 1.54) is 32.6 Å². The van der Waals surface area contributed by atoms with Crippen molar-refractivity contribution in [2.24, 2.45) is 0 Å². The minimum absolute atomic E-state index is 0.783. The summed E-state index contributed by atoms with van der Waals surface area (Å²) in [6.45, 7) is 7.86. The molecule has 146 valence electrons. The van der Waals surface area contributed by atoms with Crippen LogP contribution in [-0.2, 0) is 11.3 Å². The molecule has 0 saturated heterocycles. The Labute approximate surface area is 166 Å². The molecule has 27 heavy (non-hydrogen) atoms. The van der Waals surface area contributed by atoms with Crippen molar-refractivity contribution in [3.63, 3.8) is 0 Å². The second-order valence-corrected chi connectivity index (χ2v) is 8.18. The fourth-order valence-electron chi connectivity index (χ4n) is 3.41. The first-order valence-corrected chi connectivity index (χ1v) is 10.3. The lowest BCUT2D eigenvalue weighted by molar-refractivity contribution is 0.113. The van der Waals surface area contributed by atoms with E-state index in [-0.39, 0.29) is 0 Å². The molecule has 0 amide bonds. The second-order valence-electron chi connectivity index (χ2n) is 7.27. The number of benzene rings is 1. The van der Waals surface area contributed by atoms with Gasteiger partial charge in [0.2, 0.25) is 0 Å². The van der Waals surface area contributed by atoms with Crippen molar-refractivity contribution in [2.75, 3.05) is 41.0 Å². The first kappa shape index (κ1) is 19.9. The third-order valence-electron chi connectivity index (χ3n) is 4.84. The first-order valence-electron chi connectivity index (χ1n) is 9.46. The number of aromatic nitrogens is 1. The van der Waals surface area contributed by atoms with Gasteiger partial charge in [-0.25, -0.2) is 0 Å². The number of aryl methyl sites for hydroxylation is 3. The summed E-state index contributed by atoms with van der Waals surface area (Å²) in [4.78, 5) is 3.47. The van der Waals surface area contributed by atoms with Crippen LogP contribution in [0.5, 0.6) is 5.75 Å². The summed E-state index contributed by atoms with van der Waals surface area (Å²) < 4.78 is 13.7. The largest absolute Gasteiger partial charge is 0.497 e. The molecule has 0 spiro atoms. The maximum Gasteiger partial charge on any atom is 0.119 e. The van der Waals surface area contributed by atoms with Gasteiger partial charge in [-0.1, -0.05) is 0 Å². The Morgan fingerprint density at radius 2 is 1.93 bits per heavy atom. The molecule has 0 bridgehead atoms. The Bertz CT molecular complexity index is 895. The van der Waals surface area contributed by atoms with Gasteiger partial charge < -0.3 is 18.9 Å². The molecule has 0 radical (unpaired) electrons. The molecule has 0 aliphatic rings. The number of nitrogens with zero attached hydrogens (tertiary/aromatic N) is 2. The quantitative estimate of drug-likeness (QED) is 0.486. The molecule has 0 saturated carbocycles. The van der Waals surface area contributed by atoms with Gasteiger partial charge in [-0.3, -0.25) is 0 Å². The van der Waals surface area contributed by atoms with E-state index < -0.39 is 0 Å². The standard InChI is InChI=1S/C22H30N2O2S/c1-16-13-21(27-15-16)22-17(2)19-14-18(25-5)7-8-20(19)24(22)9-6-11-26-12-10-23(3)4/h7-8,13-15H,6,9-12H2,1-5H3. The van der Waals surface area contributed by atoms with Crippen molar-refractivity contribution in [1.82, 2.24) is 9.47 Å². The zero-order valence-electron chi connectivity index (χ0n) is 17.0. The molecule has 3 aromatic rings. The minimum atomic E-state index is 0.783. The van der Waals surface area contributed by atoms with Crippen LogP contribution in [0.2, 0.25) is 0 Å². The van der Waals surface area contributed by atoms with Gasteiger partial charge in [0.05, 0.1) is 24.3 Å². The lowest BCUT2D eigenvalue weighted by Gasteiger charge is -2.12. The van der Waals surface area contributed by atoms with E-state index in [1.807, 2.05) is 11.3 Å². The molecule has 0 aliphatic carbocycles. The number of methoxy groups -OCH3 is 1. The fraction of sp³-hybridized carbons (Fsp3) is 0.455. The van der Waals surface area contributed by atoms with Crippen LogP contribution < -0.4 is 4.74 Å². The van der Waals surface area contributed by atoms with E-state index in [0.29, 0.717) is 0 Å². The van der Waals surface area contributed by atoms with Crippen molar-refractivity contribution in [1.29, 1.82) is 0 Å². The fourth-order valence-corrected chi connectivity index (χ4v) is 4.42. The summed E-state index contributed by atoms with van der Waals surface area (Å²) in [5.74, 6) is 0.906. The maximum absolute atomic E-state index is 5.80. The number of hydrogen-bond donors (Lipinski definition) is 0. The van der Waals surface area contributed by atoms with Crippen LogP contribution in [0.1, 0.15) is 17.5 Å². The van der Waals surface area contributed by atoms with Gasteiger partial charge in [0.1, 0.15) is 5.75 Å². The molecule has 0 aliphatic heterocycles. The summed E-state index contributed by atoms with van der Waals surface area (Å²) in [7, 11) is 5.87. The van der Waals surface area contributed by atoms with Crippen LogP contribution in [0.15, 0.2) is 29.6 Å². The molecule has 0 unspecified atom stereocenters. The molecule has 3 rings (SSSR count). The molecule has 0 atom stereocenters. The highest BCUT2D eigenvalue weighted by Crippen LogP contribution is 2.38. The normalized spacial score (nSPS) is 11.6. The van der Waals surface area contributed by atoms with E-state index in [1.54, 1.807) is 7.11 Å². The zero-order valence-corrected chi connectivity index (χ0v) is 17.9. The molecular weight excluding hydrogens is 356 g/mol. The van der Waals surface area contributed by atoms with E-state index in [0.717, 1.165) is 38.5 Å². The Kier molecular flexibility index (Phi) is 6.58. The SMILES string of the molecule is COc1ccc2c(c1)c(C)c(-c1cc(C)cs1)n2CCCOCCN(C)C. The predicted octanol–water partition coefficient (Wildman–Crippen LogP) is 4.96. The summed E-state index contributed by atoms with van der Waals surface area (Å²) >= 11 is 1.82. The highest BCUT2D eigenvalue weighted by Gasteiger charge is 2.17. The van der Waals surface area contributed by atoms with Gasteiger partial charge in [0.25, 0.3) is 0 Å². The number of hydrogen-bond acceptors (Lipinski definition) is 4. The molecule has 5 heteroatoms. The topological polar surface area (TPSA) is 26.6 Å². The highest BCUT2D eigenvalue weighted by molar-refractivity contribution is 7.13. The van der Waals surface area contributed by atoms with E-state index in [9.17, 15) is 0 Å². The van der Waals surface area contributed by atoms with Gasteiger partial charge in [-0.2, -0.15) is 0 Å². The molecular formula is C22H30N2O2S. The Morgan fingerprint density at radius 1 is 1.11 bits per heavy atom. The van der Waals surface area contributed by atoms with Gasteiger partial charge >= 0.3 is 0 Å². The summed E-state index contributed by atoms with van der Waals surface area (Å²) in [6, 6.07) is 8.67. The summed E-state index contributed by atoms with van der Waals surface area (Å²) in [5.41, 5.74) is 5.22. The van der Waals surface area contributed by atoms with Crippen LogP contribution in [0, 0.1) is 13.8 Å². The first-order chi connectivity index (χ1) is 13.0. The zero-order chi connectivity index (χ0) is 19.4.